The lowest BCUT2D eigenvalue weighted by atomic mass is 10.2. The van der Waals surface area contributed by atoms with Crippen LogP contribution in [0.5, 0.6) is 0 Å². The Morgan fingerprint density at radius 2 is 1.87 bits per heavy atom. The third-order valence-corrected chi connectivity index (χ3v) is 5.50. The fourth-order valence-electron chi connectivity index (χ4n) is 3.49. The molecule has 0 bridgehead atoms. The number of rotatable bonds is 4. The van der Waals surface area contributed by atoms with Crippen LogP contribution in [-0.4, -0.2) is 51.0 Å². The van der Waals surface area contributed by atoms with E-state index in [4.69, 9.17) is 33.7 Å². The van der Waals surface area contributed by atoms with E-state index in [1.54, 1.807) is 12.1 Å². The Morgan fingerprint density at radius 3 is 2.68 bits per heavy atom. The molecule has 1 aliphatic heterocycles. The Bertz CT molecular complexity index is 1260. The molecule has 1 saturated heterocycles. The average molecular weight is 457 g/mol. The van der Waals surface area contributed by atoms with Crippen molar-refractivity contribution in [1.82, 2.24) is 24.7 Å². The average Bonchev–Trinajstić information content (AvgIpc) is 3.13. The van der Waals surface area contributed by atoms with Gasteiger partial charge in [0.05, 0.1) is 29.4 Å². The number of fused-ring (bicyclic) bond motifs is 1. The molecule has 0 spiro atoms. The minimum Gasteiger partial charge on any atom is -0.378 e. The third kappa shape index (κ3) is 3.95. The molecule has 2 aromatic heterocycles. The molecule has 9 nitrogen and oxygen atoms in total. The molecule has 0 amide bonds. The summed E-state index contributed by atoms with van der Waals surface area (Å²) in [6.07, 6.45) is 1.45. The lowest BCUT2D eigenvalue weighted by molar-refractivity contribution is 0.122. The van der Waals surface area contributed by atoms with Crippen LogP contribution in [0.3, 0.4) is 0 Å². The summed E-state index contributed by atoms with van der Waals surface area (Å²) in [5.74, 6) is 0.992. The summed E-state index contributed by atoms with van der Waals surface area (Å²) in [6, 6.07) is 11.1. The highest BCUT2D eigenvalue weighted by atomic mass is 35.5. The number of anilines is 4. The van der Waals surface area contributed by atoms with Crippen LogP contribution in [0.25, 0.3) is 16.7 Å². The number of nitrogen functional groups attached to an aromatic ring is 1. The molecule has 4 aromatic rings. The summed E-state index contributed by atoms with van der Waals surface area (Å²) in [7, 11) is 0. The van der Waals surface area contributed by atoms with Crippen LogP contribution >= 0.6 is 23.2 Å². The van der Waals surface area contributed by atoms with Crippen molar-refractivity contribution in [2.24, 2.45) is 0 Å². The van der Waals surface area contributed by atoms with Gasteiger partial charge in [-0.15, -0.1) is 5.10 Å². The summed E-state index contributed by atoms with van der Waals surface area (Å²) in [5.41, 5.74) is 8.56. The number of benzene rings is 2. The lowest BCUT2D eigenvalue weighted by Crippen LogP contribution is -2.36. The monoisotopic (exact) mass is 456 g/mol. The van der Waals surface area contributed by atoms with Gasteiger partial charge in [0, 0.05) is 29.2 Å². The SMILES string of the molecule is Nc1nc(Nc2ccc(N3CCOCC3)c(Cl)c2)nn1-c1ncnc2ccc(Cl)cc12. The number of morpholine rings is 1. The van der Waals surface area contributed by atoms with Gasteiger partial charge >= 0.3 is 0 Å². The molecule has 1 fully saturated rings. The van der Waals surface area contributed by atoms with Crippen molar-refractivity contribution in [2.45, 2.75) is 0 Å². The van der Waals surface area contributed by atoms with Crippen molar-refractivity contribution >= 4 is 57.4 Å². The van der Waals surface area contributed by atoms with E-state index in [-0.39, 0.29) is 5.95 Å². The second-order valence-corrected chi connectivity index (χ2v) is 7.80. The number of nitrogens with zero attached hydrogens (tertiary/aromatic N) is 6. The molecule has 0 atom stereocenters. The van der Waals surface area contributed by atoms with E-state index in [0.717, 1.165) is 35.4 Å². The third-order valence-electron chi connectivity index (χ3n) is 4.96. The van der Waals surface area contributed by atoms with Gasteiger partial charge in [-0.3, -0.25) is 0 Å². The van der Waals surface area contributed by atoms with Crippen LogP contribution in [0.4, 0.5) is 23.3 Å². The van der Waals surface area contributed by atoms with Gasteiger partial charge in [-0.1, -0.05) is 23.2 Å². The maximum atomic E-state index is 6.52. The number of halogens is 2. The van der Waals surface area contributed by atoms with Gasteiger partial charge in [0.15, 0.2) is 5.82 Å². The summed E-state index contributed by atoms with van der Waals surface area (Å²) in [4.78, 5) is 15.1. The van der Waals surface area contributed by atoms with Gasteiger partial charge in [-0.25, -0.2) is 9.97 Å². The molecular weight excluding hydrogens is 439 g/mol. The fraction of sp³-hybridized carbons (Fsp3) is 0.200. The number of hydrogen-bond acceptors (Lipinski definition) is 8. The smallest absolute Gasteiger partial charge is 0.248 e. The summed E-state index contributed by atoms with van der Waals surface area (Å²) >= 11 is 12.7. The molecule has 0 radical (unpaired) electrons. The van der Waals surface area contributed by atoms with Crippen molar-refractivity contribution in [1.29, 1.82) is 0 Å². The maximum Gasteiger partial charge on any atom is 0.248 e. The van der Waals surface area contributed by atoms with Gasteiger partial charge in [-0.05, 0) is 36.4 Å². The first-order valence-electron chi connectivity index (χ1n) is 9.61. The molecular formula is C20H18Cl2N8O. The largest absolute Gasteiger partial charge is 0.378 e. The first kappa shape index (κ1) is 19.8. The minimum absolute atomic E-state index is 0.179. The quantitative estimate of drug-likeness (QED) is 0.478. The number of aromatic nitrogens is 5. The standard InChI is InChI=1S/C20H18Cl2N8O/c21-12-1-3-16-14(9-12)18(25-11-24-16)30-19(23)27-20(28-30)26-13-2-4-17(15(22)10-13)29-5-7-31-8-6-29/h1-4,9-11H,5-8H2,(H3,23,26,27,28). The summed E-state index contributed by atoms with van der Waals surface area (Å²) in [6.45, 7) is 3.01. The van der Waals surface area contributed by atoms with E-state index in [2.05, 4.69) is 30.3 Å². The zero-order valence-electron chi connectivity index (χ0n) is 16.3. The Labute approximate surface area is 187 Å². The van der Waals surface area contributed by atoms with Crippen molar-refractivity contribution < 1.29 is 4.74 Å². The number of hydrogen-bond donors (Lipinski definition) is 2. The van der Waals surface area contributed by atoms with Crippen molar-refractivity contribution in [3.8, 4) is 5.82 Å². The van der Waals surface area contributed by atoms with Crippen molar-refractivity contribution in [2.75, 3.05) is 42.3 Å². The Kier molecular flexibility index (Phi) is 5.23. The molecule has 0 saturated carbocycles. The molecule has 1 aliphatic rings. The normalized spacial score (nSPS) is 14.2. The van der Waals surface area contributed by atoms with Gasteiger partial charge in [0.2, 0.25) is 11.9 Å². The van der Waals surface area contributed by atoms with Gasteiger partial charge in [0.25, 0.3) is 0 Å². The summed E-state index contributed by atoms with van der Waals surface area (Å²) in [5, 5.41) is 9.53. The highest BCUT2D eigenvalue weighted by Gasteiger charge is 2.16. The first-order valence-corrected chi connectivity index (χ1v) is 10.4. The Balaban J connectivity index is 1.43. The van der Waals surface area contributed by atoms with E-state index in [1.807, 2.05) is 24.3 Å². The molecule has 3 heterocycles. The molecule has 0 unspecified atom stereocenters. The van der Waals surface area contributed by atoms with Crippen LogP contribution in [0, 0.1) is 0 Å². The van der Waals surface area contributed by atoms with E-state index in [9.17, 15) is 0 Å². The molecule has 0 aliphatic carbocycles. The number of nitrogens with one attached hydrogen (secondary N) is 1. The molecule has 3 N–H and O–H groups in total. The fourth-order valence-corrected chi connectivity index (χ4v) is 3.96. The lowest BCUT2D eigenvalue weighted by Gasteiger charge is -2.29. The zero-order chi connectivity index (χ0) is 21.4. The maximum absolute atomic E-state index is 6.52. The predicted octanol–water partition coefficient (Wildman–Crippen LogP) is 3.68. The molecule has 5 rings (SSSR count). The van der Waals surface area contributed by atoms with Crippen LogP contribution in [-0.2, 0) is 4.74 Å². The minimum atomic E-state index is 0.179. The molecule has 31 heavy (non-hydrogen) atoms. The van der Waals surface area contributed by atoms with E-state index < -0.39 is 0 Å². The Morgan fingerprint density at radius 1 is 1.03 bits per heavy atom. The van der Waals surface area contributed by atoms with Gasteiger partial charge < -0.3 is 20.7 Å². The second-order valence-electron chi connectivity index (χ2n) is 6.95. The number of ether oxygens (including phenoxy) is 1. The zero-order valence-corrected chi connectivity index (χ0v) is 17.8. The first-order chi connectivity index (χ1) is 15.1. The van der Waals surface area contributed by atoms with Crippen LogP contribution in [0.1, 0.15) is 0 Å². The van der Waals surface area contributed by atoms with E-state index in [0.29, 0.717) is 35.0 Å². The highest BCUT2D eigenvalue weighted by Crippen LogP contribution is 2.31. The molecule has 158 valence electrons. The van der Waals surface area contributed by atoms with Crippen molar-refractivity contribution in [3.63, 3.8) is 0 Å². The summed E-state index contributed by atoms with van der Waals surface area (Å²) < 4.78 is 6.85. The van der Waals surface area contributed by atoms with Crippen LogP contribution in [0.15, 0.2) is 42.7 Å². The second kappa shape index (κ2) is 8.18. The highest BCUT2D eigenvalue weighted by molar-refractivity contribution is 6.33. The molecule has 11 heteroatoms. The molecule has 2 aromatic carbocycles. The van der Waals surface area contributed by atoms with Gasteiger partial charge in [0.1, 0.15) is 6.33 Å². The van der Waals surface area contributed by atoms with Crippen LogP contribution in [0.2, 0.25) is 10.0 Å². The van der Waals surface area contributed by atoms with Crippen molar-refractivity contribution in [3.05, 3.63) is 52.8 Å². The topological polar surface area (TPSA) is 107 Å². The predicted molar refractivity (Wildman–Crippen MR) is 122 cm³/mol. The van der Waals surface area contributed by atoms with Gasteiger partial charge in [-0.2, -0.15) is 9.67 Å². The van der Waals surface area contributed by atoms with E-state index >= 15 is 0 Å². The number of nitrogens with two attached hydrogens (primary N) is 1. The van der Waals surface area contributed by atoms with E-state index in [1.165, 1.54) is 11.0 Å². The Hall–Kier alpha value is -3.14. The van der Waals surface area contributed by atoms with Crippen LogP contribution < -0.4 is 16.0 Å².